The molecular formula is C8H14O. The van der Waals surface area contributed by atoms with Crippen LogP contribution in [0.1, 0.15) is 14.9 Å². The van der Waals surface area contributed by atoms with Gasteiger partial charge in [0.25, 0.3) is 0 Å². The van der Waals surface area contributed by atoms with Crippen molar-refractivity contribution >= 4 is 0 Å². The molecule has 0 radical (unpaired) electrons. The average Bonchev–Trinajstić information content (AvgIpc) is 1.69. The second kappa shape index (κ2) is 5.16. The van der Waals surface area contributed by atoms with E-state index in [9.17, 15) is 0 Å². The molecule has 9 heavy (non-hydrogen) atoms. The van der Waals surface area contributed by atoms with Gasteiger partial charge in [-0.05, 0) is 12.1 Å². The second-order valence-electron chi connectivity index (χ2n) is 1.34. The summed E-state index contributed by atoms with van der Waals surface area (Å²) in [5.74, 6) is 0.322. The highest BCUT2D eigenvalue weighted by molar-refractivity contribution is 5.18. The molecule has 0 aliphatic heterocycles. The van der Waals surface area contributed by atoms with Crippen LogP contribution in [-0.4, -0.2) is 5.11 Å². The van der Waals surface area contributed by atoms with Gasteiger partial charge in [-0.15, -0.1) is 0 Å². The summed E-state index contributed by atoms with van der Waals surface area (Å²) in [6.45, 7) is 0. The SMILES string of the molecule is C.C.Oc1ccccc1. The lowest BCUT2D eigenvalue weighted by atomic mass is 10.3. The predicted molar refractivity (Wildman–Crippen MR) is 41.6 cm³/mol. The van der Waals surface area contributed by atoms with Gasteiger partial charge in [0, 0.05) is 0 Å². The van der Waals surface area contributed by atoms with Crippen molar-refractivity contribution in [3.8, 4) is 5.75 Å². The van der Waals surface area contributed by atoms with Crippen LogP contribution >= 0.6 is 0 Å². The van der Waals surface area contributed by atoms with Crippen LogP contribution in [0, 0.1) is 0 Å². The Bertz CT molecular complexity index is 134. The molecule has 0 unspecified atom stereocenters. The quantitative estimate of drug-likeness (QED) is 0.566. The molecule has 1 nitrogen and oxygen atoms in total. The van der Waals surface area contributed by atoms with Gasteiger partial charge in [0.05, 0.1) is 0 Å². The van der Waals surface area contributed by atoms with Crippen molar-refractivity contribution in [3.05, 3.63) is 30.3 Å². The molecule has 1 N–H and O–H groups in total. The Balaban J connectivity index is 0. The Morgan fingerprint density at radius 3 is 1.56 bits per heavy atom. The van der Waals surface area contributed by atoms with Crippen molar-refractivity contribution in [2.45, 2.75) is 14.9 Å². The number of benzene rings is 1. The number of hydrogen-bond donors (Lipinski definition) is 1. The Kier molecular flexibility index (Phi) is 6.26. The van der Waals surface area contributed by atoms with Crippen LogP contribution in [-0.2, 0) is 0 Å². The number of rotatable bonds is 0. The Morgan fingerprint density at radius 1 is 0.889 bits per heavy atom. The maximum atomic E-state index is 8.63. The third-order valence-corrected chi connectivity index (χ3v) is 0.756. The second-order valence-corrected chi connectivity index (χ2v) is 1.34. The first-order chi connectivity index (χ1) is 3.39. The van der Waals surface area contributed by atoms with E-state index in [1.807, 2.05) is 6.07 Å². The summed E-state index contributed by atoms with van der Waals surface area (Å²) in [5.41, 5.74) is 0. The van der Waals surface area contributed by atoms with Crippen LogP contribution in [0.15, 0.2) is 30.3 Å². The van der Waals surface area contributed by atoms with Crippen LogP contribution in [0.25, 0.3) is 0 Å². The summed E-state index contributed by atoms with van der Waals surface area (Å²) in [6.07, 6.45) is 0. The highest BCUT2D eigenvalue weighted by atomic mass is 16.3. The molecule has 52 valence electrons. The van der Waals surface area contributed by atoms with E-state index in [0.717, 1.165) is 0 Å². The number of para-hydroxylation sites is 1. The van der Waals surface area contributed by atoms with Gasteiger partial charge in [0.2, 0.25) is 0 Å². The largest absolute Gasteiger partial charge is 0.508 e. The number of aromatic hydroxyl groups is 1. The van der Waals surface area contributed by atoms with Crippen molar-refractivity contribution in [2.24, 2.45) is 0 Å². The number of phenolic OH excluding ortho intramolecular Hbond substituents is 1. The molecule has 1 heteroatoms. The minimum Gasteiger partial charge on any atom is -0.508 e. The molecule has 1 aromatic carbocycles. The van der Waals surface area contributed by atoms with E-state index in [4.69, 9.17) is 5.11 Å². The van der Waals surface area contributed by atoms with Crippen LogP contribution in [0.4, 0.5) is 0 Å². The summed E-state index contributed by atoms with van der Waals surface area (Å²) < 4.78 is 0. The summed E-state index contributed by atoms with van der Waals surface area (Å²) >= 11 is 0. The van der Waals surface area contributed by atoms with E-state index in [0.29, 0.717) is 5.75 Å². The van der Waals surface area contributed by atoms with Gasteiger partial charge in [0.1, 0.15) is 5.75 Å². The number of phenols is 1. The van der Waals surface area contributed by atoms with E-state index in [2.05, 4.69) is 0 Å². The minimum atomic E-state index is 0. The van der Waals surface area contributed by atoms with Crippen molar-refractivity contribution in [3.63, 3.8) is 0 Å². The molecule has 0 spiro atoms. The van der Waals surface area contributed by atoms with Gasteiger partial charge in [-0.1, -0.05) is 33.1 Å². The fourth-order valence-electron chi connectivity index (χ4n) is 0.428. The molecule has 0 saturated carbocycles. The van der Waals surface area contributed by atoms with Gasteiger partial charge in [0.15, 0.2) is 0 Å². The molecule has 0 atom stereocenters. The molecule has 0 aromatic heterocycles. The zero-order valence-corrected chi connectivity index (χ0v) is 3.83. The monoisotopic (exact) mass is 126 g/mol. The number of hydrogen-bond acceptors (Lipinski definition) is 1. The summed E-state index contributed by atoms with van der Waals surface area (Å²) in [4.78, 5) is 0. The van der Waals surface area contributed by atoms with Gasteiger partial charge < -0.3 is 5.11 Å². The molecule has 0 aliphatic carbocycles. The minimum absolute atomic E-state index is 0. The highest BCUT2D eigenvalue weighted by Gasteiger charge is 1.74. The van der Waals surface area contributed by atoms with E-state index < -0.39 is 0 Å². The zero-order chi connectivity index (χ0) is 5.11. The van der Waals surface area contributed by atoms with Gasteiger partial charge >= 0.3 is 0 Å². The molecule has 0 saturated heterocycles. The first kappa shape index (κ1) is 10.9. The van der Waals surface area contributed by atoms with Crippen LogP contribution in [0.5, 0.6) is 5.75 Å². The van der Waals surface area contributed by atoms with Crippen molar-refractivity contribution in [2.75, 3.05) is 0 Å². The van der Waals surface area contributed by atoms with Crippen molar-refractivity contribution in [1.82, 2.24) is 0 Å². The van der Waals surface area contributed by atoms with Crippen molar-refractivity contribution < 1.29 is 5.11 Å². The molecule has 0 fully saturated rings. The lowest BCUT2D eigenvalue weighted by molar-refractivity contribution is 0.475. The molecule has 1 aromatic rings. The first-order valence-corrected chi connectivity index (χ1v) is 2.13. The standard InChI is InChI=1S/C6H6O.2CH4/c7-6-4-2-1-3-5-6;;/h1-5,7H;2*1H4. The van der Waals surface area contributed by atoms with E-state index >= 15 is 0 Å². The maximum absolute atomic E-state index is 8.63. The van der Waals surface area contributed by atoms with Gasteiger partial charge in [-0.3, -0.25) is 0 Å². The average molecular weight is 126 g/mol. The van der Waals surface area contributed by atoms with Gasteiger partial charge in [-0.2, -0.15) is 0 Å². The van der Waals surface area contributed by atoms with E-state index in [1.165, 1.54) is 0 Å². The fourth-order valence-corrected chi connectivity index (χ4v) is 0.428. The molecule has 0 heterocycles. The normalized spacial score (nSPS) is 6.67. The van der Waals surface area contributed by atoms with Crippen LogP contribution in [0.2, 0.25) is 0 Å². The lowest BCUT2D eigenvalue weighted by Crippen LogP contribution is -1.56. The maximum Gasteiger partial charge on any atom is 0.115 e. The molecule has 0 bridgehead atoms. The van der Waals surface area contributed by atoms with E-state index in [-0.39, 0.29) is 14.9 Å². The highest BCUT2D eigenvalue weighted by Crippen LogP contribution is 2.02. The molecule has 0 aliphatic rings. The van der Waals surface area contributed by atoms with E-state index in [1.54, 1.807) is 24.3 Å². The summed E-state index contributed by atoms with van der Waals surface area (Å²) in [6, 6.07) is 8.71. The predicted octanol–water partition coefficient (Wildman–Crippen LogP) is 2.66. The lowest BCUT2D eigenvalue weighted by Gasteiger charge is -1.82. The smallest absolute Gasteiger partial charge is 0.115 e. The topological polar surface area (TPSA) is 20.2 Å². The Hall–Kier alpha value is -0.980. The van der Waals surface area contributed by atoms with Gasteiger partial charge in [-0.25, -0.2) is 0 Å². The summed E-state index contributed by atoms with van der Waals surface area (Å²) in [5, 5.41) is 8.63. The Morgan fingerprint density at radius 2 is 1.33 bits per heavy atom. The Labute approximate surface area is 57.0 Å². The first-order valence-electron chi connectivity index (χ1n) is 2.13. The third kappa shape index (κ3) is 3.59. The molecule has 0 amide bonds. The fraction of sp³-hybridized carbons (Fsp3) is 0.250. The summed E-state index contributed by atoms with van der Waals surface area (Å²) in [7, 11) is 0. The third-order valence-electron chi connectivity index (χ3n) is 0.756. The van der Waals surface area contributed by atoms with Crippen LogP contribution < -0.4 is 0 Å². The van der Waals surface area contributed by atoms with Crippen molar-refractivity contribution in [1.29, 1.82) is 0 Å². The van der Waals surface area contributed by atoms with Crippen LogP contribution in [0.3, 0.4) is 0 Å². The molecule has 1 rings (SSSR count). The zero-order valence-electron chi connectivity index (χ0n) is 3.83. The molecular weight excluding hydrogens is 112 g/mol.